The summed E-state index contributed by atoms with van der Waals surface area (Å²) in [7, 11) is -2.23. The van der Waals surface area contributed by atoms with Gasteiger partial charge >= 0.3 is 0 Å². The zero-order valence-corrected chi connectivity index (χ0v) is 17.5. The van der Waals surface area contributed by atoms with Gasteiger partial charge in [0, 0.05) is 37.7 Å². The lowest BCUT2D eigenvalue weighted by molar-refractivity contribution is -0.119. The molecular formula is C21H25FN2O4S. The van der Waals surface area contributed by atoms with Crippen molar-refractivity contribution in [3.05, 3.63) is 59.4 Å². The Morgan fingerprint density at radius 1 is 1.17 bits per heavy atom. The van der Waals surface area contributed by atoms with E-state index in [0.29, 0.717) is 11.3 Å². The van der Waals surface area contributed by atoms with Gasteiger partial charge in [0.05, 0.1) is 11.5 Å². The summed E-state index contributed by atoms with van der Waals surface area (Å²) in [5.41, 5.74) is 1.60. The molecule has 8 heteroatoms. The summed E-state index contributed by atoms with van der Waals surface area (Å²) in [4.78, 5) is 13.9. The number of aliphatic hydroxyl groups is 1. The second kappa shape index (κ2) is 7.85. The molecule has 6 nitrogen and oxygen atoms in total. The van der Waals surface area contributed by atoms with E-state index in [0.717, 1.165) is 5.56 Å². The number of halogens is 1. The van der Waals surface area contributed by atoms with E-state index in [2.05, 4.69) is 0 Å². The van der Waals surface area contributed by atoms with Crippen molar-refractivity contribution in [2.45, 2.75) is 37.1 Å². The molecule has 0 saturated heterocycles. The molecule has 3 rings (SSSR count). The summed E-state index contributed by atoms with van der Waals surface area (Å²) in [5, 5.41) is 9.40. The van der Waals surface area contributed by atoms with Crippen LogP contribution in [0.2, 0.25) is 0 Å². The molecule has 0 fully saturated rings. The number of fused-ring (bicyclic) bond motifs is 1. The van der Waals surface area contributed by atoms with Crippen molar-refractivity contribution in [1.82, 2.24) is 4.31 Å². The van der Waals surface area contributed by atoms with E-state index in [1.54, 1.807) is 24.1 Å². The minimum absolute atomic E-state index is 0.0159. The maximum atomic E-state index is 13.3. The number of anilines is 1. The van der Waals surface area contributed by atoms with Crippen LogP contribution >= 0.6 is 0 Å². The van der Waals surface area contributed by atoms with Crippen LogP contribution in [0.15, 0.2) is 47.4 Å². The highest BCUT2D eigenvalue weighted by Crippen LogP contribution is 2.41. The van der Waals surface area contributed by atoms with E-state index in [1.807, 2.05) is 13.8 Å². The van der Waals surface area contributed by atoms with Crippen LogP contribution in [-0.2, 0) is 26.8 Å². The lowest BCUT2D eigenvalue weighted by Gasteiger charge is -2.37. The number of carbonyl (C=O) groups excluding carboxylic acids is 1. The summed E-state index contributed by atoms with van der Waals surface area (Å²) in [5.74, 6) is -0.419. The van der Waals surface area contributed by atoms with E-state index in [1.165, 1.54) is 34.6 Å². The van der Waals surface area contributed by atoms with Gasteiger partial charge in [-0.05, 0) is 41.5 Å². The Kier molecular flexibility index (Phi) is 5.80. The van der Waals surface area contributed by atoms with Crippen LogP contribution in [-0.4, -0.2) is 43.9 Å². The molecule has 0 aromatic heterocycles. The Hall–Kier alpha value is -2.29. The van der Waals surface area contributed by atoms with Crippen LogP contribution in [0.5, 0.6) is 0 Å². The largest absolute Gasteiger partial charge is 0.395 e. The van der Waals surface area contributed by atoms with Crippen LogP contribution in [0.25, 0.3) is 0 Å². The maximum absolute atomic E-state index is 13.3. The quantitative estimate of drug-likeness (QED) is 0.779. The third kappa shape index (κ3) is 4.19. The highest BCUT2D eigenvalue weighted by molar-refractivity contribution is 7.89. The third-order valence-electron chi connectivity index (χ3n) is 5.29. The summed E-state index contributed by atoms with van der Waals surface area (Å²) < 4.78 is 40.9. The van der Waals surface area contributed by atoms with Gasteiger partial charge in [0.2, 0.25) is 15.9 Å². The van der Waals surface area contributed by atoms with Crippen molar-refractivity contribution in [1.29, 1.82) is 0 Å². The molecule has 0 spiro atoms. The Balaban J connectivity index is 2.00. The van der Waals surface area contributed by atoms with Crippen molar-refractivity contribution < 1.29 is 22.7 Å². The molecule has 0 bridgehead atoms. The molecule has 0 radical (unpaired) electrons. The van der Waals surface area contributed by atoms with E-state index >= 15 is 0 Å². The van der Waals surface area contributed by atoms with Crippen molar-refractivity contribution in [2.75, 3.05) is 25.1 Å². The van der Waals surface area contributed by atoms with Gasteiger partial charge in [0.15, 0.2) is 0 Å². The van der Waals surface area contributed by atoms with E-state index < -0.39 is 21.3 Å². The summed E-state index contributed by atoms with van der Waals surface area (Å²) >= 11 is 0. The third-order valence-corrected chi connectivity index (χ3v) is 7.13. The molecular weight excluding hydrogens is 395 g/mol. The minimum Gasteiger partial charge on any atom is -0.395 e. The first kappa shape index (κ1) is 21.4. The zero-order chi connectivity index (χ0) is 21.4. The predicted octanol–water partition coefficient (Wildman–Crippen LogP) is 2.65. The van der Waals surface area contributed by atoms with Crippen LogP contribution < -0.4 is 4.90 Å². The van der Waals surface area contributed by atoms with Gasteiger partial charge in [0.25, 0.3) is 0 Å². The number of aliphatic hydroxyl groups excluding tert-OH is 1. The predicted molar refractivity (Wildman–Crippen MR) is 109 cm³/mol. The maximum Gasteiger partial charge on any atom is 0.243 e. The number of rotatable bonds is 6. The molecule has 1 heterocycles. The molecule has 1 aliphatic heterocycles. The standard InChI is InChI=1S/C21H25FN2O4S/c1-21(2)13-20(26)23(3)19-9-8-17(12-18(19)21)29(27,28)24(10-11-25)14-15-4-6-16(22)7-5-15/h4-9,12,25H,10-11,13-14H2,1-3H3. The van der Waals surface area contributed by atoms with Gasteiger partial charge in [-0.3, -0.25) is 4.79 Å². The molecule has 2 aromatic rings. The zero-order valence-electron chi connectivity index (χ0n) is 16.7. The van der Waals surface area contributed by atoms with Gasteiger partial charge < -0.3 is 10.0 Å². The first-order valence-electron chi connectivity index (χ1n) is 9.33. The Morgan fingerprint density at radius 2 is 1.83 bits per heavy atom. The normalized spacial score (nSPS) is 16.2. The van der Waals surface area contributed by atoms with E-state index in [9.17, 15) is 22.7 Å². The number of amides is 1. The highest BCUT2D eigenvalue weighted by Gasteiger charge is 2.36. The van der Waals surface area contributed by atoms with Crippen molar-refractivity contribution >= 4 is 21.6 Å². The number of hydrogen-bond donors (Lipinski definition) is 1. The van der Waals surface area contributed by atoms with Gasteiger partial charge in [-0.2, -0.15) is 4.31 Å². The fourth-order valence-corrected chi connectivity index (χ4v) is 5.02. The SMILES string of the molecule is CN1C(=O)CC(C)(C)c2cc(S(=O)(=O)N(CCO)Cc3ccc(F)cc3)ccc21. The van der Waals surface area contributed by atoms with E-state index in [-0.39, 0.29) is 36.9 Å². The number of nitrogens with zero attached hydrogens (tertiary/aromatic N) is 2. The second-order valence-electron chi connectivity index (χ2n) is 7.88. The average Bonchev–Trinajstić information content (AvgIpc) is 2.67. The Labute approximate surface area is 170 Å². The molecule has 29 heavy (non-hydrogen) atoms. The number of hydrogen-bond acceptors (Lipinski definition) is 4. The van der Waals surface area contributed by atoms with Crippen LogP contribution in [0.3, 0.4) is 0 Å². The molecule has 156 valence electrons. The molecule has 0 unspecified atom stereocenters. The van der Waals surface area contributed by atoms with Crippen molar-refractivity contribution in [3.63, 3.8) is 0 Å². The fourth-order valence-electron chi connectivity index (χ4n) is 3.57. The molecule has 1 N–H and O–H groups in total. The van der Waals surface area contributed by atoms with Crippen molar-refractivity contribution in [2.24, 2.45) is 0 Å². The first-order chi connectivity index (χ1) is 13.6. The van der Waals surface area contributed by atoms with Gasteiger partial charge in [-0.15, -0.1) is 0 Å². The molecule has 1 amide bonds. The fraction of sp³-hybridized carbons (Fsp3) is 0.381. The number of benzene rings is 2. The molecule has 0 aliphatic carbocycles. The Bertz CT molecular complexity index is 1020. The molecule has 0 atom stereocenters. The van der Waals surface area contributed by atoms with Crippen LogP contribution in [0.1, 0.15) is 31.4 Å². The molecule has 2 aromatic carbocycles. The smallest absolute Gasteiger partial charge is 0.243 e. The molecule has 1 aliphatic rings. The minimum atomic E-state index is -3.91. The summed E-state index contributed by atoms with van der Waals surface area (Å²) in [6.45, 7) is 3.42. The van der Waals surface area contributed by atoms with Gasteiger partial charge in [0.1, 0.15) is 5.82 Å². The van der Waals surface area contributed by atoms with Gasteiger partial charge in [-0.1, -0.05) is 26.0 Å². The highest BCUT2D eigenvalue weighted by atomic mass is 32.2. The monoisotopic (exact) mass is 420 g/mol. The summed E-state index contributed by atoms with van der Waals surface area (Å²) in [6, 6.07) is 10.3. The van der Waals surface area contributed by atoms with E-state index in [4.69, 9.17) is 0 Å². The van der Waals surface area contributed by atoms with Crippen LogP contribution in [0.4, 0.5) is 10.1 Å². The topological polar surface area (TPSA) is 77.9 Å². The summed E-state index contributed by atoms with van der Waals surface area (Å²) in [6.07, 6.45) is 0.288. The Morgan fingerprint density at radius 3 is 2.45 bits per heavy atom. The second-order valence-corrected chi connectivity index (χ2v) is 9.82. The van der Waals surface area contributed by atoms with Gasteiger partial charge in [-0.25, -0.2) is 12.8 Å². The van der Waals surface area contributed by atoms with Crippen molar-refractivity contribution in [3.8, 4) is 0 Å². The lowest BCUT2D eigenvalue weighted by Crippen LogP contribution is -2.40. The first-order valence-corrected chi connectivity index (χ1v) is 10.8. The average molecular weight is 421 g/mol. The number of carbonyl (C=O) groups is 1. The molecule has 0 saturated carbocycles. The lowest BCUT2D eigenvalue weighted by atomic mass is 9.77. The van der Waals surface area contributed by atoms with Crippen LogP contribution in [0, 0.1) is 5.82 Å². The number of sulfonamides is 1.